The van der Waals surface area contributed by atoms with Gasteiger partial charge in [-0.25, -0.2) is 8.42 Å². The Morgan fingerprint density at radius 1 is 1.09 bits per heavy atom. The summed E-state index contributed by atoms with van der Waals surface area (Å²) in [6.07, 6.45) is 2.58. The second kappa shape index (κ2) is 11.3. The fourth-order valence-electron chi connectivity index (χ4n) is 3.66. The van der Waals surface area contributed by atoms with Gasteiger partial charge in [0.05, 0.1) is 34.8 Å². The third-order valence-electron chi connectivity index (χ3n) is 5.45. The van der Waals surface area contributed by atoms with Gasteiger partial charge in [0.25, 0.3) is 11.6 Å². The maximum atomic E-state index is 13.2. The molecule has 2 N–H and O–H groups in total. The van der Waals surface area contributed by atoms with E-state index in [1.807, 2.05) is 0 Å². The zero-order chi connectivity index (χ0) is 24.7. The summed E-state index contributed by atoms with van der Waals surface area (Å²) in [6.45, 7) is 1.63. The number of methoxy groups -OCH3 is 2. The molecule has 0 spiro atoms. The number of piperidine rings is 1. The number of hydrogen-bond donors (Lipinski definition) is 2. The molecule has 34 heavy (non-hydrogen) atoms. The molecule has 0 aliphatic carbocycles. The van der Waals surface area contributed by atoms with Crippen LogP contribution < -0.4 is 15.4 Å². The zero-order valence-corrected chi connectivity index (χ0v) is 19.9. The summed E-state index contributed by atoms with van der Waals surface area (Å²) in [5, 5.41) is 16.9. The number of nitrogens with one attached hydrogen (secondary N) is 2. The standard InChI is InChI=1S/C22H28N4O7S/c1-32-13-10-23-19-8-6-16(26(28)29)14-18(19)22(27)24-20-15-17(7-9-21(20)33-2)34(30,31)25-11-4-3-5-12-25/h6-9,14-15,23H,3-5,10-13H2,1-2H3,(H,24,27). The van der Waals surface area contributed by atoms with E-state index in [0.29, 0.717) is 31.9 Å². The van der Waals surface area contributed by atoms with Gasteiger partial charge in [-0.05, 0) is 37.1 Å². The summed E-state index contributed by atoms with van der Waals surface area (Å²) < 4.78 is 37.9. The van der Waals surface area contributed by atoms with Crippen LogP contribution in [0.1, 0.15) is 29.6 Å². The predicted octanol–water partition coefficient (Wildman–Crippen LogP) is 3.09. The molecule has 0 radical (unpaired) electrons. The number of nitrogens with zero attached hydrogens (tertiary/aromatic N) is 2. The lowest BCUT2D eigenvalue weighted by Crippen LogP contribution is -2.35. The lowest BCUT2D eigenvalue weighted by Gasteiger charge is -2.26. The number of hydrogen-bond acceptors (Lipinski definition) is 8. The molecule has 0 unspecified atom stereocenters. The van der Waals surface area contributed by atoms with Crippen LogP contribution in [0.4, 0.5) is 17.1 Å². The van der Waals surface area contributed by atoms with Gasteiger partial charge < -0.3 is 20.1 Å². The summed E-state index contributed by atoms with van der Waals surface area (Å²) in [5.41, 5.74) is 0.281. The van der Waals surface area contributed by atoms with E-state index in [-0.39, 0.29) is 27.6 Å². The molecule has 2 aromatic rings. The van der Waals surface area contributed by atoms with Gasteiger partial charge in [-0.1, -0.05) is 6.42 Å². The Balaban J connectivity index is 1.93. The van der Waals surface area contributed by atoms with Crippen molar-refractivity contribution < 1.29 is 27.6 Å². The molecule has 1 aliphatic rings. The Morgan fingerprint density at radius 2 is 1.82 bits per heavy atom. The van der Waals surface area contributed by atoms with E-state index in [9.17, 15) is 23.3 Å². The normalized spacial score (nSPS) is 14.4. The molecule has 184 valence electrons. The van der Waals surface area contributed by atoms with E-state index in [1.165, 1.54) is 48.9 Å². The van der Waals surface area contributed by atoms with Gasteiger partial charge in [0.2, 0.25) is 10.0 Å². The quantitative estimate of drug-likeness (QED) is 0.293. The Bertz CT molecular complexity index is 1150. The lowest BCUT2D eigenvalue weighted by molar-refractivity contribution is -0.384. The number of anilines is 2. The van der Waals surface area contributed by atoms with Gasteiger partial charge in [0.15, 0.2) is 0 Å². The molecule has 0 atom stereocenters. The van der Waals surface area contributed by atoms with Crippen molar-refractivity contribution in [2.75, 3.05) is 51.1 Å². The van der Waals surface area contributed by atoms with Crippen LogP contribution in [0, 0.1) is 10.1 Å². The van der Waals surface area contributed by atoms with Gasteiger partial charge in [0, 0.05) is 44.6 Å². The first-order chi connectivity index (χ1) is 16.3. The fourth-order valence-corrected chi connectivity index (χ4v) is 5.21. The second-order valence-corrected chi connectivity index (χ2v) is 9.63. The van der Waals surface area contributed by atoms with Crippen LogP contribution in [0.5, 0.6) is 5.75 Å². The molecule has 1 amide bonds. The van der Waals surface area contributed by atoms with Crippen molar-refractivity contribution in [3.63, 3.8) is 0 Å². The molecule has 3 rings (SSSR count). The van der Waals surface area contributed by atoms with E-state index < -0.39 is 20.9 Å². The van der Waals surface area contributed by atoms with Gasteiger partial charge in [-0.3, -0.25) is 14.9 Å². The molecular formula is C22H28N4O7S. The van der Waals surface area contributed by atoms with Crippen molar-refractivity contribution in [2.45, 2.75) is 24.2 Å². The van der Waals surface area contributed by atoms with Gasteiger partial charge >= 0.3 is 0 Å². The van der Waals surface area contributed by atoms with Gasteiger partial charge in [-0.2, -0.15) is 4.31 Å². The predicted molar refractivity (Wildman–Crippen MR) is 127 cm³/mol. The van der Waals surface area contributed by atoms with E-state index in [4.69, 9.17) is 9.47 Å². The Labute approximate surface area is 198 Å². The van der Waals surface area contributed by atoms with Crippen molar-refractivity contribution in [1.29, 1.82) is 0 Å². The lowest BCUT2D eigenvalue weighted by atomic mass is 10.1. The monoisotopic (exact) mass is 492 g/mol. The SMILES string of the molecule is COCCNc1ccc([N+](=O)[O-])cc1C(=O)Nc1cc(S(=O)(=O)N2CCCCC2)ccc1OC. The van der Waals surface area contributed by atoms with Crippen LogP contribution in [0.25, 0.3) is 0 Å². The molecule has 1 fully saturated rings. The summed E-state index contributed by atoms with van der Waals surface area (Å²) >= 11 is 0. The highest BCUT2D eigenvalue weighted by atomic mass is 32.2. The van der Waals surface area contributed by atoms with Crippen LogP contribution in [-0.2, 0) is 14.8 Å². The average molecular weight is 493 g/mol. The summed E-state index contributed by atoms with van der Waals surface area (Å²) in [6, 6.07) is 8.14. The fraction of sp³-hybridized carbons (Fsp3) is 0.409. The molecule has 1 heterocycles. The second-order valence-electron chi connectivity index (χ2n) is 7.69. The molecule has 0 bridgehead atoms. The largest absolute Gasteiger partial charge is 0.495 e. The third-order valence-corrected chi connectivity index (χ3v) is 7.35. The highest BCUT2D eigenvalue weighted by molar-refractivity contribution is 7.89. The number of nitro groups is 1. The number of ether oxygens (including phenoxy) is 2. The maximum absolute atomic E-state index is 13.2. The molecule has 2 aromatic carbocycles. The molecule has 1 saturated heterocycles. The minimum Gasteiger partial charge on any atom is -0.495 e. The highest BCUT2D eigenvalue weighted by Gasteiger charge is 2.27. The Morgan fingerprint density at radius 3 is 2.47 bits per heavy atom. The molecule has 12 heteroatoms. The van der Waals surface area contributed by atoms with Crippen LogP contribution in [-0.4, -0.2) is 64.0 Å². The summed E-state index contributed by atoms with van der Waals surface area (Å²) in [4.78, 5) is 23.8. The maximum Gasteiger partial charge on any atom is 0.270 e. The molecule has 0 saturated carbocycles. The highest BCUT2D eigenvalue weighted by Crippen LogP contribution is 2.31. The molecule has 1 aliphatic heterocycles. The number of sulfonamides is 1. The van der Waals surface area contributed by atoms with Gasteiger partial charge in [0.1, 0.15) is 5.75 Å². The topological polar surface area (TPSA) is 140 Å². The Kier molecular flexibility index (Phi) is 8.42. The first kappa shape index (κ1) is 25.4. The zero-order valence-electron chi connectivity index (χ0n) is 19.1. The number of nitro benzene ring substituents is 1. The van der Waals surface area contributed by atoms with Crippen molar-refractivity contribution in [1.82, 2.24) is 4.31 Å². The molecule has 0 aromatic heterocycles. The van der Waals surface area contributed by atoms with E-state index in [1.54, 1.807) is 0 Å². The minimum absolute atomic E-state index is 0.0247. The first-order valence-electron chi connectivity index (χ1n) is 10.8. The number of benzene rings is 2. The van der Waals surface area contributed by atoms with Crippen molar-refractivity contribution in [2.24, 2.45) is 0 Å². The smallest absolute Gasteiger partial charge is 0.270 e. The minimum atomic E-state index is -3.74. The van der Waals surface area contributed by atoms with Crippen molar-refractivity contribution >= 4 is 33.0 Å². The van der Waals surface area contributed by atoms with Gasteiger partial charge in [-0.15, -0.1) is 0 Å². The average Bonchev–Trinajstić information content (AvgIpc) is 2.84. The van der Waals surface area contributed by atoms with Crippen molar-refractivity contribution in [3.05, 3.63) is 52.1 Å². The number of rotatable bonds is 10. The van der Waals surface area contributed by atoms with Crippen LogP contribution in [0.3, 0.4) is 0 Å². The van der Waals surface area contributed by atoms with Crippen LogP contribution in [0.15, 0.2) is 41.3 Å². The van der Waals surface area contributed by atoms with E-state index in [0.717, 1.165) is 25.3 Å². The Hall–Kier alpha value is -3.22. The number of amides is 1. The first-order valence-corrected chi connectivity index (χ1v) is 12.2. The van der Waals surface area contributed by atoms with Crippen LogP contribution >= 0.6 is 0 Å². The van der Waals surface area contributed by atoms with Crippen molar-refractivity contribution in [3.8, 4) is 5.75 Å². The number of carbonyl (C=O) groups excluding carboxylic acids is 1. The molecular weight excluding hydrogens is 464 g/mol. The summed E-state index contributed by atoms with van der Waals surface area (Å²) in [5.74, 6) is -0.403. The van der Waals surface area contributed by atoms with Crippen LogP contribution in [0.2, 0.25) is 0 Å². The third kappa shape index (κ3) is 5.82. The number of carbonyl (C=O) groups is 1. The molecule has 11 nitrogen and oxygen atoms in total. The summed E-state index contributed by atoms with van der Waals surface area (Å²) in [7, 11) is -0.812. The van der Waals surface area contributed by atoms with E-state index in [2.05, 4.69) is 10.6 Å². The number of non-ortho nitro benzene ring substituents is 1. The van der Waals surface area contributed by atoms with E-state index >= 15 is 0 Å².